The first kappa shape index (κ1) is 13.7. The van der Waals surface area contributed by atoms with E-state index in [2.05, 4.69) is 34.5 Å². The first-order chi connectivity index (χ1) is 10.3. The van der Waals surface area contributed by atoms with Gasteiger partial charge in [0, 0.05) is 24.8 Å². The van der Waals surface area contributed by atoms with E-state index >= 15 is 0 Å². The molecule has 1 saturated heterocycles. The quantitative estimate of drug-likeness (QED) is 0.933. The molecule has 1 aliphatic rings. The Balaban J connectivity index is 1.52. The highest BCUT2D eigenvalue weighted by atomic mass is 16.1. The summed E-state index contributed by atoms with van der Waals surface area (Å²) in [6.45, 7) is 1.89. The number of benzene rings is 2. The molecule has 2 aromatic carbocycles. The SMILES string of the molecule is O=C(Cc1ccccc1)NC1CCN(c2ccccc2)C1. The fourth-order valence-corrected chi connectivity index (χ4v) is 2.81. The van der Waals surface area contributed by atoms with Crippen LogP contribution >= 0.6 is 0 Å². The summed E-state index contributed by atoms with van der Waals surface area (Å²) in [6.07, 6.45) is 1.47. The van der Waals surface area contributed by atoms with Crippen molar-refractivity contribution in [2.45, 2.75) is 18.9 Å². The molecule has 3 heteroatoms. The summed E-state index contributed by atoms with van der Waals surface area (Å²) in [7, 11) is 0. The lowest BCUT2D eigenvalue weighted by Gasteiger charge is -2.19. The molecule has 108 valence electrons. The molecule has 1 fully saturated rings. The molecule has 1 atom stereocenters. The van der Waals surface area contributed by atoms with Crippen molar-refractivity contribution in [1.82, 2.24) is 5.32 Å². The minimum absolute atomic E-state index is 0.112. The third-order valence-electron chi connectivity index (χ3n) is 3.88. The first-order valence-electron chi connectivity index (χ1n) is 7.44. The van der Waals surface area contributed by atoms with Crippen LogP contribution < -0.4 is 10.2 Å². The second-order valence-electron chi connectivity index (χ2n) is 5.50. The van der Waals surface area contributed by atoms with E-state index in [1.807, 2.05) is 36.4 Å². The van der Waals surface area contributed by atoms with E-state index in [0.717, 1.165) is 25.1 Å². The number of para-hydroxylation sites is 1. The number of rotatable bonds is 4. The van der Waals surface area contributed by atoms with Gasteiger partial charge in [0.25, 0.3) is 0 Å². The number of carbonyl (C=O) groups excluding carboxylic acids is 1. The molecule has 3 nitrogen and oxygen atoms in total. The smallest absolute Gasteiger partial charge is 0.224 e. The van der Waals surface area contributed by atoms with Crippen LogP contribution in [0.1, 0.15) is 12.0 Å². The molecule has 0 saturated carbocycles. The number of nitrogens with zero attached hydrogens (tertiary/aromatic N) is 1. The molecule has 1 unspecified atom stereocenters. The van der Waals surface area contributed by atoms with Crippen LogP contribution in [0.25, 0.3) is 0 Å². The molecular weight excluding hydrogens is 260 g/mol. The standard InChI is InChI=1S/C18H20N2O/c21-18(13-15-7-3-1-4-8-15)19-16-11-12-20(14-16)17-9-5-2-6-10-17/h1-10,16H,11-14H2,(H,19,21). The molecule has 1 amide bonds. The highest BCUT2D eigenvalue weighted by molar-refractivity contribution is 5.79. The van der Waals surface area contributed by atoms with Crippen LogP contribution in [-0.2, 0) is 11.2 Å². The molecule has 2 aromatic rings. The predicted octanol–water partition coefficient (Wildman–Crippen LogP) is 2.62. The van der Waals surface area contributed by atoms with Crippen molar-refractivity contribution in [3.8, 4) is 0 Å². The first-order valence-corrected chi connectivity index (χ1v) is 7.44. The number of hydrogen-bond donors (Lipinski definition) is 1. The maximum atomic E-state index is 12.1. The molecule has 3 rings (SSSR count). The molecule has 1 N–H and O–H groups in total. The van der Waals surface area contributed by atoms with Gasteiger partial charge in [-0.15, -0.1) is 0 Å². The van der Waals surface area contributed by atoms with Gasteiger partial charge in [-0.25, -0.2) is 0 Å². The second-order valence-corrected chi connectivity index (χ2v) is 5.50. The molecule has 0 bridgehead atoms. The maximum absolute atomic E-state index is 12.1. The van der Waals surface area contributed by atoms with Crippen molar-refractivity contribution >= 4 is 11.6 Å². The summed E-state index contributed by atoms with van der Waals surface area (Å²) in [5.41, 5.74) is 2.30. The van der Waals surface area contributed by atoms with Crippen molar-refractivity contribution in [3.63, 3.8) is 0 Å². The summed E-state index contributed by atoms with van der Waals surface area (Å²) < 4.78 is 0. The van der Waals surface area contributed by atoms with Crippen molar-refractivity contribution < 1.29 is 4.79 Å². The summed E-state index contributed by atoms with van der Waals surface area (Å²) in [5.74, 6) is 0.112. The fourth-order valence-electron chi connectivity index (χ4n) is 2.81. The normalized spacial score (nSPS) is 17.7. The predicted molar refractivity (Wildman–Crippen MR) is 85.3 cm³/mol. The lowest BCUT2D eigenvalue weighted by Crippen LogP contribution is -2.37. The fraction of sp³-hybridized carbons (Fsp3) is 0.278. The summed E-state index contributed by atoms with van der Waals surface area (Å²) in [5, 5.41) is 3.15. The molecule has 1 aliphatic heterocycles. The van der Waals surface area contributed by atoms with E-state index in [0.29, 0.717) is 6.42 Å². The van der Waals surface area contributed by atoms with Crippen molar-refractivity contribution in [3.05, 3.63) is 66.2 Å². The third kappa shape index (κ3) is 3.63. The van der Waals surface area contributed by atoms with Crippen LogP contribution in [0.5, 0.6) is 0 Å². The second kappa shape index (κ2) is 6.44. The number of nitrogens with one attached hydrogen (secondary N) is 1. The molecule has 1 heterocycles. The summed E-state index contributed by atoms with van der Waals surface area (Å²) in [4.78, 5) is 14.4. The van der Waals surface area contributed by atoms with Crippen molar-refractivity contribution in [2.24, 2.45) is 0 Å². The molecule has 0 aromatic heterocycles. The van der Waals surface area contributed by atoms with Crippen LogP contribution in [0, 0.1) is 0 Å². The Morgan fingerprint density at radius 2 is 1.71 bits per heavy atom. The van der Waals surface area contributed by atoms with Crippen molar-refractivity contribution in [2.75, 3.05) is 18.0 Å². The van der Waals surface area contributed by atoms with E-state index in [4.69, 9.17) is 0 Å². The zero-order valence-electron chi connectivity index (χ0n) is 12.0. The molecule has 0 spiro atoms. The van der Waals surface area contributed by atoms with Gasteiger partial charge >= 0.3 is 0 Å². The lowest BCUT2D eigenvalue weighted by molar-refractivity contribution is -0.121. The monoisotopic (exact) mass is 280 g/mol. The van der Waals surface area contributed by atoms with E-state index in [1.54, 1.807) is 0 Å². The lowest BCUT2D eigenvalue weighted by atomic mass is 10.1. The Bertz CT molecular complexity index is 583. The Labute approximate surface area is 125 Å². The van der Waals surface area contributed by atoms with Gasteiger partial charge in [0.15, 0.2) is 0 Å². The molecule has 21 heavy (non-hydrogen) atoms. The average Bonchev–Trinajstić information content (AvgIpc) is 2.97. The van der Waals surface area contributed by atoms with Crippen LogP contribution in [0.2, 0.25) is 0 Å². The average molecular weight is 280 g/mol. The van der Waals surface area contributed by atoms with Crippen LogP contribution in [0.4, 0.5) is 5.69 Å². The van der Waals surface area contributed by atoms with Crippen molar-refractivity contribution in [1.29, 1.82) is 0 Å². The maximum Gasteiger partial charge on any atom is 0.224 e. The van der Waals surface area contributed by atoms with Gasteiger partial charge in [0.1, 0.15) is 0 Å². The van der Waals surface area contributed by atoms with Crippen LogP contribution in [0.15, 0.2) is 60.7 Å². The minimum atomic E-state index is 0.112. The zero-order chi connectivity index (χ0) is 14.5. The van der Waals surface area contributed by atoms with Crippen LogP contribution in [0.3, 0.4) is 0 Å². The van der Waals surface area contributed by atoms with Gasteiger partial charge in [0.05, 0.1) is 6.42 Å². The van der Waals surface area contributed by atoms with E-state index in [9.17, 15) is 4.79 Å². The topological polar surface area (TPSA) is 32.3 Å². The highest BCUT2D eigenvalue weighted by Gasteiger charge is 2.23. The Morgan fingerprint density at radius 3 is 2.43 bits per heavy atom. The number of carbonyl (C=O) groups is 1. The number of hydrogen-bond acceptors (Lipinski definition) is 2. The van der Waals surface area contributed by atoms with Gasteiger partial charge < -0.3 is 10.2 Å². The van der Waals surface area contributed by atoms with Gasteiger partial charge in [0.2, 0.25) is 5.91 Å². The number of amides is 1. The zero-order valence-corrected chi connectivity index (χ0v) is 12.0. The minimum Gasteiger partial charge on any atom is -0.369 e. The van der Waals surface area contributed by atoms with Crippen LogP contribution in [-0.4, -0.2) is 25.0 Å². The largest absolute Gasteiger partial charge is 0.369 e. The Kier molecular flexibility index (Phi) is 4.20. The molecule has 0 aliphatic carbocycles. The molecular formula is C18H20N2O. The molecule has 0 radical (unpaired) electrons. The number of anilines is 1. The van der Waals surface area contributed by atoms with Gasteiger partial charge in [-0.05, 0) is 24.1 Å². The van der Waals surface area contributed by atoms with E-state index in [1.165, 1.54) is 5.69 Å². The highest BCUT2D eigenvalue weighted by Crippen LogP contribution is 2.19. The van der Waals surface area contributed by atoms with Gasteiger partial charge in [-0.3, -0.25) is 4.79 Å². The third-order valence-corrected chi connectivity index (χ3v) is 3.88. The Hall–Kier alpha value is -2.29. The summed E-state index contributed by atoms with van der Waals surface area (Å²) in [6, 6.07) is 20.5. The van der Waals surface area contributed by atoms with E-state index in [-0.39, 0.29) is 11.9 Å². The summed E-state index contributed by atoms with van der Waals surface area (Å²) >= 11 is 0. The van der Waals surface area contributed by atoms with E-state index < -0.39 is 0 Å². The Morgan fingerprint density at radius 1 is 1.05 bits per heavy atom. The van der Waals surface area contributed by atoms with Gasteiger partial charge in [-0.2, -0.15) is 0 Å². The van der Waals surface area contributed by atoms with Gasteiger partial charge in [-0.1, -0.05) is 48.5 Å².